The predicted octanol–water partition coefficient (Wildman–Crippen LogP) is 3.11. The summed E-state index contributed by atoms with van der Waals surface area (Å²) in [7, 11) is 0. The molecule has 0 atom stereocenters. The third-order valence-electron chi connectivity index (χ3n) is 4.14. The summed E-state index contributed by atoms with van der Waals surface area (Å²) in [5.41, 5.74) is 2.03. The van der Waals surface area contributed by atoms with Crippen LogP contribution in [0.5, 0.6) is 0 Å². The van der Waals surface area contributed by atoms with E-state index >= 15 is 0 Å². The molecule has 0 radical (unpaired) electrons. The minimum Gasteiger partial charge on any atom is -0.478 e. The van der Waals surface area contributed by atoms with Crippen molar-refractivity contribution in [3.8, 4) is 0 Å². The van der Waals surface area contributed by atoms with Crippen LogP contribution in [0.15, 0.2) is 29.8 Å². The maximum atomic E-state index is 12.3. The Balaban J connectivity index is 2.09. The van der Waals surface area contributed by atoms with Crippen molar-refractivity contribution >= 4 is 18.0 Å². The fourth-order valence-electron chi connectivity index (χ4n) is 2.68. The number of hydrogen-bond acceptors (Lipinski definition) is 2. The van der Waals surface area contributed by atoms with Crippen molar-refractivity contribution in [3.63, 3.8) is 0 Å². The first-order valence-electron chi connectivity index (χ1n) is 7.74. The molecule has 1 N–H and O–H groups in total. The normalized spacial score (nSPS) is 16.6. The van der Waals surface area contributed by atoms with Crippen LogP contribution in [0.1, 0.15) is 37.3 Å². The monoisotopic (exact) mass is 301 g/mol. The van der Waals surface area contributed by atoms with Gasteiger partial charge < -0.3 is 10.0 Å². The van der Waals surface area contributed by atoms with Crippen molar-refractivity contribution in [2.45, 2.75) is 33.1 Å². The van der Waals surface area contributed by atoms with Crippen molar-refractivity contribution in [2.75, 3.05) is 13.1 Å². The van der Waals surface area contributed by atoms with E-state index in [-0.39, 0.29) is 17.9 Å². The Kier molecular flexibility index (Phi) is 5.36. The van der Waals surface area contributed by atoms with Gasteiger partial charge in [0.1, 0.15) is 0 Å². The Bertz CT molecular complexity index is 584. The molecule has 0 unspecified atom stereocenters. The third-order valence-corrected chi connectivity index (χ3v) is 4.14. The number of carboxylic acid groups (broad SMARTS) is 1. The topological polar surface area (TPSA) is 57.6 Å². The fourth-order valence-corrected chi connectivity index (χ4v) is 2.68. The van der Waals surface area contributed by atoms with Gasteiger partial charge in [0.05, 0.1) is 6.42 Å². The number of hydrogen-bond donors (Lipinski definition) is 1. The van der Waals surface area contributed by atoms with Crippen LogP contribution in [0.4, 0.5) is 0 Å². The fraction of sp³-hybridized carbons (Fsp3) is 0.444. The van der Waals surface area contributed by atoms with Gasteiger partial charge in [0.15, 0.2) is 0 Å². The molecule has 0 aromatic heterocycles. The molecule has 1 aromatic rings. The molecule has 1 aliphatic heterocycles. The number of rotatable bonds is 4. The summed E-state index contributed by atoms with van der Waals surface area (Å²) in [6.07, 6.45) is 3.54. The van der Waals surface area contributed by atoms with Crippen LogP contribution in [-0.2, 0) is 9.59 Å². The molecule has 2 rings (SSSR count). The maximum Gasteiger partial charge on any atom is 0.332 e. The Morgan fingerprint density at radius 2 is 2.00 bits per heavy atom. The maximum absolute atomic E-state index is 12.3. The van der Waals surface area contributed by atoms with E-state index in [1.807, 2.05) is 31.2 Å². The number of aliphatic carboxylic acids is 1. The SMILES string of the molecule is Cc1cccc(/C=C(\CC(=O)N2CCC(C)CC2)C(=O)O)c1. The predicted molar refractivity (Wildman–Crippen MR) is 86.4 cm³/mol. The van der Waals surface area contributed by atoms with Crippen molar-refractivity contribution in [3.05, 3.63) is 41.0 Å². The minimum atomic E-state index is -1.03. The first-order chi connectivity index (χ1) is 10.5. The summed E-state index contributed by atoms with van der Waals surface area (Å²) in [6, 6.07) is 7.60. The van der Waals surface area contributed by atoms with Crippen LogP contribution in [0.2, 0.25) is 0 Å². The van der Waals surface area contributed by atoms with Crippen LogP contribution in [0.3, 0.4) is 0 Å². The smallest absolute Gasteiger partial charge is 0.332 e. The second-order valence-electron chi connectivity index (χ2n) is 6.13. The van der Waals surface area contributed by atoms with Gasteiger partial charge in [-0.05, 0) is 37.3 Å². The first kappa shape index (κ1) is 16.3. The van der Waals surface area contributed by atoms with Gasteiger partial charge in [-0.25, -0.2) is 4.79 Å². The molecular weight excluding hydrogens is 278 g/mol. The highest BCUT2D eigenvalue weighted by Crippen LogP contribution is 2.19. The zero-order valence-electron chi connectivity index (χ0n) is 13.2. The van der Waals surface area contributed by atoms with E-state index in [0.29, 0.717) is 5.92 Å². The number of carbonyl (C=O) groups excluding carboxylic acids is 1. The molecule has 1 heterocycles. The molecular formula is C18H23NO3. The number of aryl methyl sites for hydroxylation is 1. The molecule has 0 spiro atoms. The molecule has 1 amide bonds. The molecule has 118 valence electrons. The molecule has 4 heteroatoms. The highest BCUT2D eigenvalue weighted by molar-refractivity contribution is 5.98. The van der Waals surface area contributed by atoms with Crippen molar-refractivity contribution in [1.82, 2.24) is 4.90 Å². The van der Waals surface area contributed by atoms with Gasteiger partial charge in [-0.15, -0.1) is 0 Å². The van der Waals surface area contributed by atoms with E-state index in [2.05, 4.69) is 6.92 Å². The van der Waals surface area contributed by atoms with Gasteiger partial charge >= 0.3 is 5.97 Å². The zero-order chi connectivity index (χ0) is 16.1. The van der Waals surface area contributed by atoms with Crippen LogP contribution < -0.4 is 0 Å². The number of nitrogens with zero attached hydrogens (tertiary/aromatic N) is 1. The largest absolute Gasteiger partial charge is 0.478 e. The second-order valence-corrected chi connectivity index (χ2v) is 6.13. The molecule has 0 aliphatic carbocycles. The van der Waals surface area contributed by atoms with Crippen LogP contribution in [0, 0.1) is 12.8 Å². The van der Waals surface area contributed by atoms with Gasteiger partial charge in [-0.2, -0.15) is 0 Å². The van der Waals surface area contributed by atoms with Crippen molar-refractivity contribution in [2.24, 2.45) is 5.92 Å². The summed E-state index contributed by atoms with van der Waals surface area (Å²) < 4.78 is 0. The van der Waals surface area contributed by atoms with E-state index in [4.69, 9.17) is 0 Å². The van der Waals surface area contributed by atoms with Gasteiger partial charge in [0.25, 0.3) is 0 Å². The summed E-state index contributed by atoms with van der Waals surface area (Å²) >= 11 is 0. The van der Waals surface area contributed by atoms with Crippen molar-refractivity contribution < 1.29 is 14.7 Å². The molecule has 1 aromatic carbocycles. The summed E-state index contributed by atoms with van der Waals surface area (Å²) in [6.45, 7) is 5.61. The highest BCUT2D eigenvalue weighted by Gasteiger charge is 2.22. The lowest BCUT2D eigenvalue weighted by atomic mass is 9.98. The average molecular weight is 301 g/mol. The van der Waals surface area contributed by atoms with Crippen molar-refractivity contribution in [1.29, 1.82) is 0 Å². The summed E-state index contributed by atoms with van der Waals surface area (Å²) in [5, 5.41) is 9.35. The van der Waals surface area contributed by atoms with E-state index in [1.165, 1.54) is 0 Å². The summed E-state index contributed by atoms with van der Waals surface area (Å²) in [5.74, 6) is -0.473. The third kappa shape index (κ3) is 4.45. The van der Waals surface area contributed by atoms with Gasteiger partial charge in [-0.3, -0.25) is 4.79 Å². The van der Waals surface area contributed by atoms with Gasteiger partial charge in [0, 0.05) is 18.7 Å². The Labute approximate surface area is 131 Å². The Morgan fingerprint density at radius 3 is 2.59 bits per heavy atom. The molecule has 1 aliphatic rings. The standard InChI is InChI=1S/C18H23NO3/c1-13-6-8-19(9-7-13)17(20)12-16(18(21)22)11-15-5-3-4-14(2)10-15/h3-5,10-11,13H,6-9,12H2,1-2H3,(H,21,22)/b16-11+. The quantitative estimate of drug-likeness (QED) is 0.869. The van der Waals surface area contributed by atoms with E-state index in [1.54, 1.807) is 11.0 Å². The van der Waals surface area contributed by atoms with Crippen LogP contribution >= 0.6 is 0 Å². The van der Waals surface area contributed by atoms with E-state index < -0.39 is 5.97 Å². The lowest BCUT2D eigenvalue weighted by molar-refractivity contribution is -0.136. The molecule has 1 fully saturated rings. The lowest BCUT2D eigenvalue weighted by Crippen LogP contribution is -2.38. The Morgan fingerprint density at radius 1 is 1.32 bits per heavy atom. The number of piperidine rings is 1. The molecule has 0 bridgehead atoms. The average Bonchev–Trinajstić information content (AvgIpc) is 2.47. The highest BCUT2D eigenvalue weighted by atomic mass is 16.4. The number of benzene rings is 1. The molecule has 22 heavy (non-hydrogen) atoms. The van der Waals surface area contributed by atoms with E-state index in [0.717, 1.165) is 37.1 Å². The molecule has 1 saturated heterocycles. The van der Waals surface area contributed by atoms with E-state index in [9.17, 15) is 14.7 Å². The number of carboxylic acids is 1. The lowest BCUT2D eigenvalue weighted by Gasteiger charge is -2.30. The number of likely N-dealkylation sites (tertiary alicyclic amines) is 1. The Hall–Kier alpha value is -2.10. The molecule has 0 saturated carbocycles. The second kappa shape index (κ2) is 7.25. The van der Waals surface area contributed by atoms with Gasteiger partial charge in [0.2, 0.25) is 5.91 Å². The minimum absolute atomic E-state index is 0.0440. The van der Waals surface area contributed by atoms with Gasteiger partial charge in [-0.1, -0.05) is 36.8 Å². The zero-order valence-corrected chi connectivity index (χ0v) is 13.2. The number of amides is 1. The summed E-state index contributed by atoms with van der Waals surface area (Å²) in [4.78, 5) is 25.5. The molecule has 4 nitrogen and oxygen atoms in total. The first-order valence-corrected chi connectivity index (χ1v) is 7.74. The van der Waals surface area contributed by atoms with Crippen LogP contribution in [0.25, 0.3) is 6.08 Å². The number of carbonyl (C=O) groups is 2. The van der Waals surface area contributed by atoms with Crippen LogP contribution in [-0.4, -0.2) is 35.0 Å².